The average molecular weight is 309 g/mol. The van der Waals surface area contributed by atoms with Crippen molar-refractivity contribution in [1.29, 1.82) is 0 Å². The zero-order chi connectivity index (χ0) is 16.6. The number of hydrogen-bond donors (Lipinski definition) is 0. The predicted molar refractivity (Wildman–Crippen MR) is 86.8 cm³/mol. The second-order valence-corrected chi connectivity index (χ2v) is 6.46. The Bertz CT molecular complexity index is 699. The summed E-state index contributed by atoms with van der Waals surface area (Å²) in [6.07, 6.45) is 6.30. The fraction of sp³-hybridized carbons (Fsp3) is 0.316. The van der Waals surface area contributed by atoms with Crippen LogP contribution in [0.5, 0.6) is 0 Å². The smallest absolute Gasteiger partial charge is 0.237 e. The number of β-lactam (4-membered cyclic amide) rings is 1. The van der Waals surface area contributed by atoms with Gasteiger partial charge >= 0.3 is 0 Å². The van der Waals surface area contributed by atoms with Crippen molar-refractivity contribution >= 4 is 17.5 Å². The molecule has 1 atom stereocenters. The number of benzene rings is 1. The van der Waals surface area contributed by atoms with E-state index in [0.717, 1.165) is 0 Å². The minimum Gasteiger partial charge on any atom is -0.328 e. The Morgan fingerprint density at radius 2 is 1.74 bits per heavy atom. The Kier molecular flexibility index (Phi) is 3.76. The van der Waals surface area contributed by atoms with Crippen LogP contribution in [0.15, 0.2) is 54.6 Å². The predicted octanol–water partition coefficient (Wildman–Crippen LogP) is 2.42. The van der Waals surface area contributed by atoms with Gasteiger partial charge in [-0.05, 0) is 30.2 Å². The van der Waals surface area contributed by atoms with E-state index >= 15 is 0 Å². The largest absolute Gasteiger partial charge is 0.328 e. The quantitative estimate of drug-likeness (QED) is 0.487. The summed E-state index contributed by atoms with van der Waals surface area (Å²) >= 11 is 0. The number of Topliss-reactive ketones (excluding diaryl/α,β-unsaturated/α-hetero) is 1. The van der Waals surface area contributed by atoms with Gasteiger partial charge in [-0.3, -0.25) is 14.4 Å². The number of hydrogen-bond acceptors (Lipinski definition) is 3. The molecule has 1 amide bonds. The molecule has 0 unspecified atom stereocenters. The average Bonchev–Trinajstić information content (AvgIpc) is 2.55. The van der Waals surface area contributed by atoms with Gasteiger partial charge in [0, 0.05) is 12.1 Å². The first kappa shape index (κ1) is 15.4. The van der Waals surface area contributed by atoms with Crippen LogP contribution in [0.1, 0.15) is 24.2 Å². The zero-order valence-corrected chi connectivity index (χ0v) is 13.2. The summed E-state index contributed by atoms with van der Waals surface area (Å²) in [4.78, 5) is 38.6. The molecule has 118 valence electrons. The lowest BCUT2D eigenvalue weighted by Crippen LogP contribution is -2.72. The lowest BCUT2D eigenvalue weighted by Gasteiger charge is -2.55. The van der Waals surface area contributed by atoms with Crippen LogP contribution in [0.4, 0.5) is 0 Å². The molecule has 0 aromatic heterocycles. The maximum Gasteiger partial charge on any atom is 0.237 e. The molecule has 4 heteroatoms. The second kappa shape index (κ2) is 5.61. The van der Waals surface area contributed by atoms with Gasteiger partial charge < -0.3 is 4.90 Å². The van der Waals surface area contributed by atoms with Gasteiger partial charge in [0.25, 0.3) is 0 Å². The molecule has 1 heterocycles. The van der Waals surface area contributed by atoms with E-state index < -0.39 is 11.5 Å². The van der Waals surface area contributed by atoms with E-state index in [1.165, 1.54) is 12.2 Å². The van der Waals surface area contributed by atoms with E-state index in [9.17, 15) is 14.4 Å². The number of allylic oxidation sites excluding steroid dienone is 2. The molecule has 1 aliphatic carbocycles. The van der Waals surface area contributed by atoms with E-state index in [1.54, 1.807) is 41.3 Å². The van der Waals surface area contributed by atoms with Crippen molar-refractivity contribution in [2.45, 2.75) is 19.4 Å². The number of nitrogens with zero attached hydrogens (tertiary/aromatic N) is 1. The summed E-state index contributed by atoms with van der Waals surface area (Å²) in [5.41, 5.74) is -0.282. The highest BCUT2D eigenvalue weighted by Gasteiger charge is 2.60. The van der Waals surface area contributed by atoms with Crippen LogP contribution in [0.2, 0.25) is 0 Å². The third kappa shape index (κ3) is 2.44. The van der Waals surface area contributed by atoms with Crippen LogP contribution in [-0.2, 0) is 9.59 Å². The molecule has 1 aliphatic heterocycles. The van der Waals surface area contributed by atoms with Crippen molar-refractivity contribution in [3.8, 4) is 0 Å². The molecule has 1 aromatic carbocycles. The van der Waals surface area contributed by atoms with Gasteiger partial charge in [-0.25, -0.2) is 0 Å². The van der Waals surface area contributed by atoms with E-state index in [4.69, 9.17) is 0 Å². The lowest BCUT2D eigenvalue weighted by atomic mass is 9.67. The monoisotopic (exact) mass is 309 g/mol. The van der Waals surface area contributed by atoms with Crippen LogP contribution in [0.25, 0.3) is 0 Å². The van der Waals surface area contributed by atoms with Crippen molar-refractivity contribution in [3.63, 3.8) is 0 Å². The van der Waals surface area contributed by atoms with Crippen molar-refractivity contribution in [3.05, 3.63) is 60.2 Å². The molecule has 1 fully saturated rings. The molecule has 1 spiro atoms. The maximum absolute atomic E-state index is 12.8. The van der Waals surface area contributed by atoms with Gasteiger partial charge in [0.05, 0.1) is 5.54 Å². The highest BCUT2D eigenvalue weighted by Crippen LogP contribution is 2.44. The van der Waals surface area contributed by atoms with E-state index in [1.807, 2.05) is 19.9 Å². The van der Waals surface area contributed by atoms with Gasteiger partial charge in [0.15, 0.2) is 11.6 Å². The molecule has 0 N–H and O–H groups in total. The molecule has 2 aliphatic rings. The van der Waals surface area contributed by atoms with Crippen LogP contribution in [-0.4, -0.2) is 34.5 Å². The van der Waals surface area contributed by atoms with Crippen molar-refractivity contribution in [1.82, 2.24) is 4.90 Å². The summed E-state index contributed by atoms with van der Waals surface area (Å²) in [6, 6.07) is 8.83. The van der Waals surface area contributed by atoms with Crippen molar-refractivity contribution in [2.75, 3.05) is 6.54 Å². The Hall–Kier alpha value is -2.49. The Balaban J connectivity index is 1.98. The Morgan fingerprint density at radius 1 is 1.13 bits per heavy atom. The van der Waals surface area contributed by atoms with Gasteiger partial charge in [0.2, 0.25) is 5.91 Å². The molecular formula is C19H19NO3. The fourth-order valence-electron chi connectivity index (χ4n) is 3.25. The van der Waals surface area contributed by atoms with Gasteiger partial charge in [-0.2, -0.15) is 0 Å². The summed E-state index contributed by atoms with van der Waals surface area (Å²) in [6.45, 7) is 4.60. The number of ketones is 2. The zero-order valence-electron chi connectivity index (χ0n) is 13.2. The number of carbonyl (C=O) groups is 3. The summed E-state index contributed by atoms with van der Waals surface area (Å²) in [7, 11) is 0. The Labute approximate surface area is 135 Å². The van der Waals surface area contributed by atoms with E-state index in [0.29, 0.717) is 12.1 Å². The van der Waals surface area contributed by atoms with Crippen molar-refractivity contribution in [2.24, 2.45) is 11.8 Å². The second-order valence-electron chi connectivity index (χ2n) is 6.46. The minimum atomic E-state index is -0.803. The standard InChI is InChI=1S/C19H19NO3/c1-13(2)12-20-18(23)16(17(22)14-6-4-3-5-7-14)19(20)10-8-15(21)9-11-19/h3-11,13,16H,12H2,1-2H3/t16-/m0/s1. The summed E-state index contributed by atoms with van der Waals surface area (Å²) in [5, 5.41) is 0. The van der Waals surface area contributed by atoms with E-state index in [-0.39, 0.29) is 23.4 Å². The normalized spacial score (nSPS) is 21.9. The number of amides is 1. The molecule has 1 aromatic rings. The summed E-state index contributed by atoms with van der Waals surface area (Å²) in [5.74, 6) is -0.992. The molecule has 0 bridgehead atoms. The SMILES string of the molecule is CC(C)CN1C(=O)[C@H](C(=O)c2ccccc2)C12C=CC(=O)C=C2. The molecule has 0 saturated carbocycles. The topological polar surface area (TPSA) is 54.5 Å². The molecule has 1 saturated heterocycles. The minimum absolute atomic E-state index is 0.120. The third-order valence-corrected chi connectivity index (χ3v) is 4.34. The molecule has 0 radical (unpaired) electrons. The van der Waals surface area contributed by atoms with Crippen LogP contribution in [0, 0.1) is 11.8 Å². The fourth-order valence-corrected chi connectivity index (χ4v) is 3.25. The molecular weight excluding hydrogens is 290 g/mol. The third-order valence-electron chi connectivity index (χ3n) is 4.34. The van der Waals surface area contributed by atoms with Crippen LogP contribution >= 0.6 is 0 Å². The number of carbonyl (C=O) groups excluding carboxylic acids is 3. The number of rotatable bonds is 4. The first-order chi connectivity index (χ1) is 11.0. The lowest BCUT2D eigenvalue weighted by molar-refractivity contribution is -0.157. The Morgan fingerprint density at radius 3 is 2.30 bits per heavy atom. The molecule has 3 rings (SSSR count). The first-order valence-corrected chi connectivity index (χ1v) is 7.79. The van der Waals surface area contributed by atoms with Crippen LogP contribution in [0.3, 0.4) is 0 Å². The highest BCUT2D eigenvalue weighted by molar-refractivity contribution is 6.16. The molecule has 4 nitrogen and oxygen atoms in total. The van der Waals surface area contributed by atoms with Gasteiger partial charge in [-0.15, -0.1) is 0 Å². The molecule has 23 heavy (non-hydrogen) atoms. The van der Waals surface area contributed by atoms with Gasteiger partial charge in [0.1, 0.15) is 5.92 Å². The maximum atomic E-state index is 12.8. The van der Waals surface area contributed by atoms with Crippen LogP contribution < -0.4 is 0 Å². The first-order valence-electron chi connectivity index (χ1n) is 7.79. The van der Waals surface area contributed by atoms with Gasteiger partial charge in [-0.1, -0.05) is 44.2 Å². The van der Waals surface area contributed by atoms with E-state index in [2.05, 4.69) is 0 Å². The highest BCUT2D eigenvalue weighted by atomic mass is 16.2. The summed E-state index contributed by atoms with van der Waals surface area (Å²) < 4.78 is 0. The number of likely N-dealkylation sites (tertiary alicyclic amines) is 1. The van der Waals surface area contributed by atoms with Crippen molar-refractivity contribution < 1.29 is 14.4 Å².